The summed E-state index contributed by atoms with van der Waals surface area (Å²) in [6.07, 6.45) is 2.46. The molecule has 0 amide bonds. The Balaban J connectivity index is 1.76. The van der Waals surface area contributed by atoms with Gasteiger partial charge in [0.2, 0.25) is 0 Å². The fourth-order valence-electron chi connectivity index (χ4n) is 1.47. The van der Waals surface area contributed by atoms with Crippen LogP contribution in [0.1, 0.15) is 17.7 Å². The molecule has 0 atom stereocenters. The van der Waals surface area contributed by atoms with E-state index in [0.717, 1.165) is 32.7 Å². The van der Waals surface area contributed by atoms with Gasteiger partial charge in [-0.3, -0.25) is 0 Å². The molecule has 0 N–H and O–H groups in total. The van der Waals surface area contributed by atoms with Gasteiger partial charge in [-0.2, -0.15) is 0 Å². The molecule has 0 spiro atoms. The van der Waals surface area contributed by atoms with Crippen molar-refractivity contribution < 1.29 is 9.47 Å². The molecule has 0 radical (unpaired) electrons. The first-order valence-electron chi connectivity index (χ1n) is 4.78. The van der Waals surface area contributed by atoms with Gasteiger partial charge in [0.15, 0.2) is 0 Å². The Morgan fingerprint density at radius 2 is 2.21 bits per heavy atom. The molecule has 2 nitrogen and oxygen atoms in total. The molecule has 1 aromatic rings. The zero-order valence-electron chi connectivity index (χ0n) is 7.87. The molecule has 14 heavy (non-hydrogen) atoms. The zero-order chi connectivity index (χ0) is 9.80. The highest BCUT2D eigenvalue weighted by Crippen LogP contribution is 2.23. The second kappa shape index (κ2) is 5.26. The van der Waals surface area contributed by atoms with Crippen LogP contribution in [0.3, 0.4) is 0 Å². The van der Waals surface area contributed by atoms with E-state index in [-0.39, 0.29) is 0 Å². The molecule has 1 fully saturated rings. The topological polar surface area (TPSA) is 18.5 Å². The Morgan fingerprint density at radius 1 is 1.43 bits per heavy atom. The van der Waals surface area contributed by atoms with E-state index in [1.54, 1.807) is 11.3 Å². The number of hydrogen-bond donors (Lipinski definition) is 0. The molecule has 4 heteroatoms. The summed E-state index contributed by atoms with van der Waals surface area (Å²) >= 11 is 5.18. The SMILES string of the molecule is Brc1ccc(COC2CCOCC2)s1. The molecule has 78 valence electrons. The van der Waals surface area contributed by atoms with Crippen LogP contribution in [-0.4, -0.2) is 19.3 Å². The molecule has 0 aliphatic carbocycles. The smallest absolute Gasteiger partial charge is 0.0813 e. The molecule has 1 aromatic heterocycles. The van der Waals surface area contributed by atoms with Crippen LogP contribution >= 0.6 is 27.3 Å². The standard InChI is InChI=1S/C10H13BrO2S/c11-10-2-1-9(14-10)7-13-8-3-5-12-6-4-8/h1-2,8H,3-7H2. The third-order valence-electron chi connectivity index (χ3n) is 2.26. The van der Waals surface area contributed by atoms with Gasteiger partial charge in [-0.05, 0) is 40.9 Å². The average Bonchev–Trinajstić information content (AvgIpc) is 2.63. The average molecular weight is 277 g/mol. The molecular weight excluding hydrogens is 264 g/mol. The predicted molar refractivity (Wildman–Crippen MR) is 60.6 cm³/mol. The summed E-state index contributed by atoms with van der Waals surface area (Å²) in [5.41, 5.74) is 0. The monoisotopic (exact) mass is 276 g/mol. The lowest BCUT2D eigenvalue weighted by atomic mass is 10.1. The van der Waals surface area contributed by atoms with Gasteiger partial charge in [0.05, 0.1) is 16.5 Å². The van der Waals surface area contributed by atoms with Gasteiger partial charge < -0.3 is 9.47 Å². The summed E-state index contributed by atoms with van der Waals surface area (Å²) in [5.74, 6) is 0. The van der Waals surface area contributed by atoms with E-state index in [9.17, 15) is 0 Å². The van der Waals surface area contributed by atoms with E-state index in [1.165, 1.54) is 8.66 Å². The third kappa shape index (κ3) is 3.05. The molecule has 0 saturated carbocycles. The Kier molecular flexibility index (Phi) is 3.99. The predicted octanol–water partition coefficient (Wildman–Crippen LogP) is 3.21. The number of hydrogen-bond acceptors (Lipinski definition) is 3. The highest BCUT2D eigenvalue weighted by Gasteiger charge is 2.14. The van der Waals surface area contributed by atoms with E-state index >= 15 is 0 Å². The van der Waals surface area contributed by atoms with Gasteiger partial charge >= 0.3 is 0 Å². The highest BCUT2D eigenvalue weighted by atomic mass is 79.9. The minimum absolute atomic E-state index is 0.393. The lowest BCUT2D eigenvalue weighted by Gasteiger charge is -2.21. The Bertz CT molecular complexity index is 281. The molecular formula is C10H13BrO2S. The fraction of sp³-hybridized carbons (Fsp3) is 0.600. The van der Waals surface area contributed by atoms with Gasteiger partial charge in [0.25, 0.3) is 0 Å². The minimum atomic E-state index is 0.393. The summed E-state index contributed by atoms with van der Waals surface area (Å²) in [6.45, 7) is 2.43. The van der Waals surface area contributed by atoms with Gasteiger partial charge in [-0.1, -0.05) is 0 Å². The lowest BCUT2D eigenvalue weighted by molar-refractivity contribution is -0.0383. The van der Waals surface area contributed by atoms with E-state index in [1.807, 2.05) is 0 Å². The van der Waals surface area contributed by atoms with Crippen LogP contribution in [-0.2, 0) is 16.1 Å². The van der Waals surface area contributed by atoms with E-state index in [4.69, 9.17) is 9.47 Å². The second-order valence-electron chi connectivity index (χ2n) is 3.33. The maximum Gasteiger partial charge on any atom is 0.0813 e. The summed E-state index contributed by atoms with van der Waals surface area (Å²) < 4.78 is 12.2. The van der Waals surface area contributed by atoms with Crippen molar-refractivity contribution in [1.82, 2.24) is 0 Å². The third-order valence-corrected chi connectivity index (χ3v) is 3.86. The lowest BCUT2D eigenvalue weighted by Crippen LogP contribution is -2.23. The summed E-state index contributed by atoms with van der Waals surface area (Å²) in [7, 11) is 0. The van der Waals surface area contributed by atoms with Crippen LogP contribution < -0.4 is 0 Å². The first-order chi connectivity index (χ1) is 6.84. The van der Waals surface area contributed by atoms with Gasteiger partial charge in [0.1, 0.15) is 0 Å². The van der Waals surface area contributed by atoms with E-state index in [2.05, 4.69) is 28.1 Å². The van der Waals surface area contributed by atoms with Crippen LogP contribution in [0.15, 0.2) is 15.9 Å². The Hall–Kier alpha value is 0.1000. The van der Waals surface area contributed by atoms with Crippen molar-refractivity contribution in [2.75, 3.05) is 13.2 Å². The molecule has 0 bridgehead atoms. The van der Waals surface area contributed by atoms with Crippen molar-refractivity contribution in [1.29, 1.82) is 0 Å². The summed E-state index contributed by atoms with van der Waals surface area (Å²) in [4.78, 5) is 1.28. The molecule has 1 aliphatic rings. The van der Waals surface area contributed by atoms with E-state index < -0.39 is 0 Å². The Morgan fingerprint density at radius 3 is 2.86 bits per heavy atom. The van der Waals surface area contributed by atoms with Crippen LogP contribution in [0.4, 0.5) is 0 Å². The number of halogens is 1. The van der Waals surface area contributed by atoms with Gasteiger partial charge in [0, 0.05) is 18.1 Å². The van der Waals surface area contributed by atoms with Crippen LogP contribution in [0, 0.1) is 0 Å². The van der Waals surface area contributed by atoms with Crippen LogP contribution in [0.25, 0.3) is 0 Å². The fourth-order valence-corrected chi connectivity index (χ4v) is 2.88. The molecule has 1 aliphatic heterocycles. The van der Waals surface area contributed by atoms with Crippen molar-refractivity contribution >= 4 is 27.3 Å². The minimum Gasteiger partial charge on any atom is -0.381 e. The maximum absolute atomic E-state index is 5.79. The largest absolute Gasteiger partial charge is 0.381 e. The first-order valence-corrected chi connectivity index (χ1v) is 6.39. The normalized spacial score (nSPS) is 18.6. The maximum atomic E-state index is 5.79. The summed E-state index contributed by atoms with van der Waals surface area (Å²) in [5, 5.41) is 0. The van der Waals surface area contributed by atoms with Gasteiger partial charge in [-0.25, -0.2) is 0 Å². The van der Waals surface area contributed by atoms with Crippen molar-refractivity contribution in [3.05, 3.63) is 20.8 Å². The number of rotatable bonds is 3. The van der Waals surface area contributed by atoms with Crippen LogP contribution in [0.2, 0.25) is 0 Å². The van der Waals surface area contributed by atoms with Crippen LogP contribution in [0.5, 0.6) is 0 Å². The molecule has 2 heterocycles. The Labute approximate surface area is 96.4 Å². The zero-order valence-corrected chi connectivity index (χ0v) is 10.3. The second-order valence-corrected chi connectivity index (χ2v) is 5.88. The molecule has 0 unspecified atom stereocenters. The van der Waals surface area contributed by atoms with Gasteiger partial charge in [-0.15, -0.1) is 11.3 Å². The van der Waals surface area contributed by atoms with Crippen molar-refractivity contribution in [2.24, 2.45) is 0 Å². The van der Waals surface area contributed by atoms with Crippen molar-refractivity contribution in [3.8, 4) is 0 Å². The molecule has 1 saturated heterocycles. The summed E-state index contributed by atoms with van der Waals surface area (Å²) in [6, 6.07) is 4.17. The highest BCUT2D eigenvalue weighted by molar-refractivity contribution is 9.11. The number of thiophene rings is 1. The molecule has 0 aromatic carbocycles. The molecule has 2 rings (SSSR count). The number of ether oxygens (including phenoxy) is 2. The quantitative estimate of drug-likeness (QED) is 0.844. The van der Waals surface area contributed by atoms with Crippen molar-refractivity contribution in [3.63, 3.8) is 0 Å². The first kappa shape index (κ1) is 10.6. The van der Waals surface area contributed by atoms with E-state index in [0.29, 0.717) is 6.10 Å². The van der Waals surface area contributed by atoms with Crippen molar-refractivity contribution in [2.45, 2.75) is 25.6 Å².